The van der Waals surface area contributed by atoms with Gasteiger partial charge in [0.15, 0.2) is 5.60 Å². The molecule has 0 saturated carbocycles. The van der Waals surface area contributed by atoms with Crippen LogP contribution in [0.1, 0.15) is 12.0 Å². The van der Waals surface area contributed by atoms with E-state index in [0.29, 0.717) is 17.3 Å². The maximum Gasteiger partial charge on any atom is 0.412 e. The van der Waals surface area contributed by atoms with Crippen LogP contribution < -0.4 is 10.6 Å². The van der Waals surface area contributed by atoms with E-state index >= 15 is 0 Å². The van der Waals surface area contributed by atoms with Crippen LogP contribution >= 0.6 is 11.6 Å². The van der Waals surface area contributed by atoms with Gasteiger partial charge in [0.2, 0.25) is 0 Å². The molecule has 16 heavy (non-hydrogen) atoms. The average Bonchev–Trinajstić information content (AvgIpc) is 2.69. The van der Waals surface area contributed by atoms with E-state index in [2.05, 4.69) is 10.6 Å². The molecule has 5 heteroatoms. The zero-order valence-corrected chi connectivity index (χ0v) is 9.30. The minimum atomic E-state index is -0.539. The average molecular weight is 239 g/mol. The van der Waals surface area contributed by atoms with Gasteiger partial charge in [-0.25, -0.2) is 4.79 Å². The Morgan fingerprint density at radius 1 is 1.44 bits per heavy atom. The molecule has 1 aromatic carbocycles. The highest BCUT2D eigenvalue weighted by atomic mass is 35.5. The highest BCUT2D eigenvalue weighted by molar-refractivity contribution is 6.34. The second-order valence-electron chi connectivity index (χ2n) is 4.10. The van der Waals surface area contributed by atoms with Crippen molar-refractivity contribution in [3.05, 3.63) is 28.8 Å². The highest BCUT2D eigenvalue weighted by Gasteiger charge is 2.44. The van der Waals surface area contributed by atoms with Crippen molar-refractivity contribution in [3.8, 4) is 0 Å². The van der Waals surface area contributed by atoms with Crippen molar-refractivity contribution in [2.24, 2.45) is 0 Å². The Morgan fingerprint density at radius 2 is 2.31 bits per heavy atom. The van der Waals surface area contributed by atoms with Crippen molar-refractivity contribution in [3.63, 3.8) is 0 Å². The molecule has 0 aromatic heterocycles. The fourth-order valence-corrected chi connectivity index (χ4v) is 2.60. The normalized spacial score (nSPS) is 27.4. The highest BCUT2D eigenvalue weighted by Crippen LogP contribution is 2.42. The van der Waals surface area contributed by atoms with Gasteiger partial charge >= 0.3 is 6.09 Å². The van der Waals surface area contributed by atoms with Gasteiger partial charge in [0.1, 0.15) is 0 Å². The number of nitrogens with one attached hydrogen (secondary N) is 2. The summed E-state index contributed by atoms with van der Waals surface area (Å²) in [5.41, 5.74) is 1.11. The molecule has 0 bridgehead atoms. The Balaban J connectivity index is 2.18. The Kier molecular flexibility index (Phi) is 2.09. The quantitative estimate of drug-likeness (QED) is 0.728. The summed E-state index contributed by atoms with van der Waals surface area (Å²) in [6, 6.07) is 5.60. The van der Waals surface area contributed by atoms with Gasteiger partial charge in [-0.3, -0.25) is 5.32 Å². The molecule has 2 N–H and O–H groups in total. The number of para-hydroxylation sites is 1. The summed E-state index contributed by atoms with van der Waals surface area (Å²) in [7, 11) is 0. The Hall–Kier alpha value is -1.26. The van der Waals surface area contributed by atoms with Gasteiger partial charge in [-0.05, 0) is 12.6 Å². The van der Waals surface area contributed by atoms with Crippen LogP contribution in [0.4, 0.5) is 10.5 Å². The summed E-state index contributed by atoms with van der Waals surface area (Å²) in [4.78, 5) is 11.5. The number of halogens is 1. The number of anilines is 1. The standard InChI is InChI=1S/C11H11ClN2O2/c12-8-3-1-2-7-9(8)14-10(15)16-11(7)4-5-13-6-11/h1-3,13H,4-6H2,(H,14,15). The van der Waals surface area contributed by atoms with Crippen LogP contribution in [0.5, 0.6) is 0 Å². The van der Waals surface area contributed by atoms with Gasteiger partial charge in [0.05, 0.1) is 10.7 Å². The van der Waals surface area contributed by atoms with Crippen LogP contribution in [0.2, 0.25) is 5.02 Å². The molecule has 1 unspecified atom stereocenters. The van der Waals surface area contributed by atoms with E-state index in [1.807, 2.05) is 12.1 Å². The fourth-order valence-electron chi connectivity index (χ4n) is 2.38. The number of hydrogen-bond donors (Lipinski definition) is 2. The van der Waals surface area contributed by atoms with E-state index < -0.39 is 11.7 Å². The van der Waals surface area contributed by atoms with E-state index in [4.69, 9.17) is 16.3 Å². The molecule has 2 aliphatic rings. The largest absolute Gasteiger partial charge is 0.436 e. The van der Waals surface area contributed by atoms with E-state index in [-0.39, 0.29) is 0 Å². The first-order chi connectivity index (χ1) is 7.71. The number of rotatable bonds is 0. The lowest BCUT2D eigenvalue weighted by Gasteiger charge is -2.35. The number of ether oxygens (including phenoxy) is 1. The van der Waals surface area contributed by atoms with Crippen molar-refractivity contribution < 1.29 is 9.53 Å². The third-order valence-corrected chi connectivity index (χ3v) is 3.45. The molecule has 1 saturated heterocycles. The molecule has 2 aliphatic heterocycles. The third-order valence-electron chi connectivity index (χ3n) is 3.14. The molecular formula is C11H11ClN2O2. The molecule has 1 amide bonds. The molecule has 3 rings (SSSR count). The zero-order valence-electron chi connectivity index (χ0n) is 8.55. The second kappa shape index (κ2) is 3.37. The SMILES string of the molecule is O=C1Nc2c(Cl)cccc2C2(CCNC2)O1. The van der Waals surface area contributed by atoms with Crippen LogP contribution in [-0.2, 0) is 10.3 Å². The Labute approximate surface area is 97.9 Å². The molecule has 1 fully saturated rings. The topological polar surface area (TPSA) is 50.4 Å². The predicted octanol–water partition coefficient (Wildman–Crippen LogP) is 2.09. The Morgan fingerprint density at radius 3 is 3.06 bits per heavy atom. The first-order valence-electron chi connectivity index (χ1n) is 5.21. The number of carbonyl (C=O) groups excluding carboxylic acids is 1. The molecule has 4 nitrogen and oxygen atoms in total. The third kappa shape index (κ3) is 1.30. The summed E-state index contributed by atoms with van der Waals surface area (Å²) in [6.45, 7) is 1.49. The summed E-state index contributed by atoms with van der Waals surface area (Å²) in [5, 5.41) is 6.43. The second-order valence-corrected chi connectivity index (χ2v) is 4.51. The number of carbonyl (C=O) groups is 1. The first-order valence-corrected chi connectivity index (χ1v) is 5.59. The summed E-state index contributed by atoms with van der Waals surface area (Å²) >= 11 is 6.08. The lowest BCUT2D eigenvalue weighted by Crippen LogP contribution is -2.41. The maximum atomic E-state index is 11.5. The monoisotopic (exact) mass is 238 g/mol. The number of hydrogen-bond acceptors (Lipinski definition) is 3. The lowest BCUT2D eigenvalue weighted by molar-refractivity contribution is 0.0278. The summed E-state index contributed by atoms with van der Waals surface area (Å²) in [5.74, 6) is 0. The van der Waals surface area contributed by atoms with Gasteiger partial charge in [-0.1, -0.05) is 23.7 Å². The smallest absolute Gasteiger partial charge is 0.412 e. The maximum absolute atomic E-state index is 11.5. The van der Waals surface area contributed by atoms with E-state index in [1.54, 1.807) is 6.07 Å². The lowest BCUT2D eigenvalue weighted by atomic mass is 9.90. The molecule has 1 aromatic rings. The van der Waals surface area contributed by atoms with Gasteiger partial charge in [-0.2, -0.15) is 0 Å². The van der Waals surface area contributed by atoms with E-state index in [9.17, 15) is 4.79 Å². The fraction of sp³-hybridized carbons (Fsp3) is 0.364. The molecule has 1 atom stereocenters. The predicted molar refractivity (Wildman–Crippen MR) is 60.7 cm³/mol. The van der Waals surface area contributed by atoms with Gasteiger partial charge in [0.25, 0.3) is 0 Å². The minimum Gasteiger partial charge on any atom is -0.436 e. The molecule has 0 aliphatic carbocycles. The first kappa shape index (κ1) is 9.93. The zero-order chi connectivity index (χ0) is 11.2. The van der Waals surface area contributed by atoms with Crippen LogP contribution in [0, 0.1) is 0 Å². The van der Waals surface area contributed by atoms with Crippen molar-refractivity contribution in [1.29, 1.82) is 0 Å². The number of amides is 1. The van der Waals surface area contributed by atoms with E-state index in [1.165, 1.54) is 0 Å². The van der Waals surface area contributed by atoms with Crippen molar-refractivity contribution >= 4 is 23.4 Å². The van der Waals surface area contributed by atoms with Crippen molar-refractivity contribution in [2.45, 2.75) is 12.0 Å². The van der Waals surface area contributed by atoms with Crippen LogP contribution in [0.15, 0.2) is 18.2 Å². The van der Waals surface area contributed by atoms with Gasteiger partial charge in [0, 0.05) is 18.5 Å². The summed E-state index contributed by atoms with van der Waals surface area (Å²) in [6.07, 6.45) is 0.359. The van der Waals surface area contributed by atoms with Crippen LogP contribution in [-0.4, -0.2) is 19.2 Å². The molecule has 84 valence electrons. The Bertz CT molecular complexity index is 455. The number of fused-ring (bicyclic) bond motifs is 2. The van der Waals surface area contributed by atoms with Gasteiger partial charge < -0.3 is 10.1 Å². The van der Waals surface area contributed by atoms with Crippen LogP contribution in [0.25, 0.3) is 0 Å². The summed E-state index contributed by atoms with van der Waals surface area (Å²) < 4.78 is 5.45. The molecule has 2 heterocycles. The van der Waals surface area contributed by atoms with Gasteiger partial charge in [-0.15, -0.1) is 0 Å². The van der Waals surface area contributed by atoms with E-state index in [0.717, 1.165) is 18.5 Å². The van der Waals surface area contributed by atoms with Crippen molar-refractivity contribution in [1.82, 2.24) is 5.32 Å². The molecular weight excluding hydrogens is 228 g/mol. The molecule has 1 spiro atoms. The molecule has 0 radical (unpaired) electrons. The number of benzene rings is 1. The van der Waals surface area contributed by atoms with Crippen LogP contribution in [0.3, 0.4) is 0 Å². The minimum absolute atomic E-state index is 0.427. The van der Waals surface area contributed by atoms with Crippen molar-refractivity contribution in [2.75, 3.05) is 18.4 Å².